The molecule has 0 atom stereocenters. The molecular weight excluding hydrogens is 174 g/mol. The van der Waals surface area contributed by atoms with Crippen molar-refractivity contribution in [1.82, 2.24) is 0 Å². The number of hydrogen-bond acceptors (Lipinski definition) is 1. The normalized spacial score (nSPS) is 10.7. The highest BCUT2D eigenvalue weighted by atomic mass is 19.3. The van der Waals surface area contributed by atoms with Crippen molar-refractivity contribution in [3.63, 3.8) is 0 Å². The van der Waals surface area contributed by atoms with Crippen LogP contribution in [0.15, 0.2) is 30.3 Å². The molecule has 0 amide bonds. The lowest BCUT2D eigenvalue weighted by molar-refractivity contribution is -0.129. The van der Waals surface area contributed by atoms with E-state index in [-0.39, 0.29) is 6.61 Å². The van der Waals surface area contributed by atoms with Crippen molar-refractivity contribution in [2.24, 2.45) is 0 Å². The summed E-state index contributed by atoms with van der Waals surface area (Å²) < 4.78 is 27.2. The quantitative estimate of drug-likeness (QED) is 0.642. The summed E-state index contributed by atoms with van der Waals surface area (Å²) in [5.74, 6) is 0. The molecule has 0 aliphatic heterocycles. The molecule has 1 aromatic carbocycles. The Hall–Kier alpha value is -0.960. The van der Waals surface area contributed by atoms with Gasteiger partial charge in [-0.2, -0.15) is 8.78 Å². The summed E-state index contributed by atoms with van der Waals surface area (Å²) in [6, 6.07) is 9.75. The topological polar surface area (TPSA) is 9.23 Å². The first-order chi connectivity index (χ1) is 6.29. The number of alkyl halides is 2. The first-order valence-electron chi connectivity index (χ1n) is 4.23. The minimum atomic E-state index is -2.64. The molecule has 0 radical (unpaired) electrons. The highest BCUT2D eigenvalue weighted by Gasteiger charge is 2.00. The van der Waals surface area contributed by atoms with Gasteiger partial charge in [-0.05, 0) is 18.4 Å². The van der Waals surface area contributed by atoms with E-state index in [4.69, 9.17) is 0 Å². The third-order valence-corrected chi connectivity index (χ3v) is 1.70. The van der Waals surface area contributed by atoms with Gasteiger partial charge in [-0.15, -0.1) is 0 Å². The predicted octanol–water partition coefficient (Wildman–Crippen LogP) is 2.86. The van der Waals surface area contributed by atoms with Crippen LogP contribution in [0.3, 0.4) is 0 Å². The van der Waals surface area contributed by atoms with Gasteiger partial charge in [0.15, 0.2) is 0 Å². The molecule has 1 nitrogen and oxygen atoms in total. The first kappa shape index (κ1) is 10.1. The van der Waals surface area contributed by atoms with Gasteiger partial charge in [0, 0.05) is 0 Å². The Labute approximate surface area is 76.3 Å². The van der Waals surface area contributed by atoms with Gasteiger partial charge in [0.05, 0.1) is 6.61 Å². The number of rotatable bonds is 5. The fourth-order valence-electron chi connectivity index (χ4n) is 1.09. The molecule has 0 spiro atoms. The highest BCUT2D eigenvalue weighted by molar-refractivity contribution is 5.14. The molecule has 0 unspecified atom stereocenters. The van der Waals surface area contributed by atoms with Crippen LogP contribution in [0.2, 0.25) is 0 Å². The molecule has 13 heavy (non-hydrogen) atoms. The van der Waals surface area contributed by atoms with E-state index >= 15 is 0 Å². The highest BCUT2D eigenvalue weighted by Crippen LogP contribution is 2.03. The van der Waals surface area contributed by atoms with Gasteiger partial charge in [0.1, 0.15) is 0 Å². The average molecular weight is 186 g/mol. The lowest BCUT2D eigenvalue weighted by atomic mass is 10.1. The second-order valence-electron chi connectivity index (χ2n) is 2.72. The van der Waals surface area contributed by atoms with Gasteiger partial charge in [0.2, 0.25) is 0 Å². The minimum absolute atomic E-state index is 0.118. The maximum Gasteiger partial charge on any atom is 0.345 e. The minimum Gasteiger partial charge on any atom is -0.323 e. The van der Waals surface area contributed by atoms with E-state index in [0.717, 1.165) is 12.0 Å². The Bertz CT molecular complexity index is 224. The fourth-order valence-corrected chi connectivity index (χ4v) is 1.09. The molecule has 3 heteroatoms. The Morgan fingerprint density at radius 1 is 1.15 bits per heavy atom. The summed E-state index contributed by atoms with van der Waals surface area (Å²) in [5.41, 5.74) is 1.15. The van der Waals surface area contributed by atoms with Crippen LogP contribution in [0, 0.1) is 0 Å². The van der Waals surface area contributed by atoms with Gasteiger partial charge in [-0.1, -0.05) is 30.3 Å². The molecule has 0 saturated heterocycles. The standard InChI is InChI=1S/C10H12F2O/c11-10(12)13-8-4-7-9-5-2-1-3-6-9/h1-3,5-6,10H,4,7-8H2. The zero-order chi connectivity index (χ0) is 9.52. The van der Waals surface area contributed by atoms with Crippen molar-refractivity contribution < 1.29 is 13.5 Å². The maximum absolute atomic E-state index is 11.5. The second-order valence-corrected chi connectivity index (χ2v) is 2.72. The lowest BCUT2D eigenvalue weighted by Gasteiger charge is -2.02. The Morgan fingerprint density at radius 3 is 2.46 bits per heavy atom. The second kappa shape index (κ2) is 5.65. The first-order valence-corrected chi connectivity index (χ1v) is 4.23. The van der Waals surface area contributed by atoms with Crippen LogP contribution in [0.1, 0.15) is 12.0 Å². The summed E-state index contributed by atoms with van der Waals surface area (Å²) in [6.07, 6.45) is 1.42. The van der Waals surface area contributed by atoms with Crippen LogP contribution < -0.4 is 0 Å². The third-order valence-electron chi connectivity index (χ3n) is 1.70. The Morgan fingerprint density at radius 2 is 1.85 bits per heavy atom. The van der Waals surface area contributed by atoms with Crippen molar-refractivity contribution >= 4 is 0 Å². The lowest BCUT2D eigenvalue weighted by Crippen LogP contribution is -2.01. The van der Waals surface area contributed by atoms with Crippen LogP contribution in [-0.2, 0) is 11.2 Å². The molecule has 72 valence electrons. The molecule has 1 aromatic rings. The summed E-state index contributed by atoms with van der Waals surface area (Å²) in [5, 5.41) is 0. The molecule has 0 aromatic heterocycles. The van der Waals surface area contributed by atoms with Crippen molar-refractivity contribution in [2.75, 3.05) is 6.61 Å². The van der Waals surface area contributed by atoms with Gasteiger partial charge in [-0.3, -0.25) is 0 Å². The smallest absolute Gasteiger partial charge is 0.323 e. The maximum atomic E-state index is 11.5. The van der Waals surface area contributed by atoms with Crippen LogP contribution in [0.4, 0.5) is 8.78 Å². The number of hydrogen-bond donors (Lipinski definition) is 0. The van der Waals surface area contributed by atoms with Crippen LogP contribution in [0.25, 0.3) is 0 Å². The third kappa shape index (κ3) is 4.58. The van der Waals surface area contributed by atoms with Gasteiger partial charge in [-0.25, -0.2) is 0 Å². The molecule has 0 heterocycles. The van der Waals surface area contributed by atoms with Gasteiger partial charge in [0.25, 0.3) is 0 Å². The molecule has 0 fully saturated rings. The van der Waals surface area contributed by atoms with E-state index in [1.54, 1.807) is 0 Å². The molecule has 0 aliphatic carbocycles. The molecule has 0 N–H and O–H groups in total. The Balaban J connectivity index is 2.13. The summed E-state index contributed by atoms with van der Waals surface area (Å²) in [4.78, 5) is 0. The summed E-state index contributed by atoms with van der Waals surface area (Å²) in [6.45, 7) is -2.53. The van der Waals surface area contributed by atoms with E-state index in [2.05, 4.69) is 4.74 Å². The molecule has 0 saturated carbocycles. The largest absolute Gasteiger partial charge is 0.345 e. The van der Waals surface area contributed by atoms with Crippen molar-refractivity contribution in [1.29, 1.82) is 0 Å². The summed E-state index contributed by atoms with van der Waals surface area (Å²) >= 11 is 0. The van der Waals surface area contributed by atoms with Gasteiger partial charge >= 0.3 is 6.61 Å². The average Bonchev–Trinajstić information content (AvgIpc) is 2.14. The van der Waals surface area contributed by atoms with Crippen molar-refractivity contribution in [3.8, 4) is 0 Å². The van der Waals surface area contributed by atoms with Gasteiger partial charge < -0.3 is 4.74 Å². The monoisotopic (exact) mass is 186 g/mol. The fraction of sp³-hybridized carbons (Fsp3) is 0.400. The van der Waals surface area contributed by atoms with Crippen LogP contribution in [-0.4, -0.2) is 13.2 Å². The van der Waals surface area contributed by atoms with E-state index in [9.17, 15) is 8.78 Å². The molecule has 0 aliphatic rings. The van der Waals surface area contributed by atoms with Crippen molar-refractivity contribution in [3.05, 3.63) is 35.9 Å². The Kier molecular flexibility index (Phi) is 4.40. The van der Waals surface area contributed by atoms with E-state index in [1.807, 2.05) is 30.3 Å². The number of halogens is 2. The molecule has 1 rings (SSSR count). The molecule has 0 bridgehead atoms. The SMILES string of the molecule is FC(F)OCCCc1ccccc1. The zero-order valence-corrected chi connectivity index (χ0v) is 7.25. The summed E-state index contributed by atoms with van der Waals surface area (Å²) in [7, 11) is 0. The number of aryl methyl sites for hydroxylation is 1. The van der Waals surface area contributed by atoms with E-state index < -0.39 is 6.61 Å². The zero-order valence-electron chi connectivity index (χ0n) is 7.25. The predicted molar refractivity (Wildman–Crippen MR) is 46.7 cm³/mol. The van der Waals surface area contributed by atoms with E-state index in [0.29, 0.717) is 6.42 Å². The van der Waals surface area contributed by atoms with E-state index in [1.165, 1.54) is 0 Å². The number of benzene rings is 1. The van der Waals surface area contributed by atoms with Crippen LogP contribution >= 0.6 is 0 Å². The van der Waals surface area contributed by atoms with Crippen molar-refractivity contribution in [2.45, 2.75) is 19.5 Å². The van der Waals surface area contributed by atoms with Crippen LogP contribution in [0.5, 0.6) is 0 Å². The number of ether oxygens (including phenoxy) is 1. The molecular formula is C10H12F2O.